The van der Waals surface area contributed by atoms with Crippen LogP contribution < -0.4 is 5.56 Å². The van der Waals surface area contributed by atoms with Gasteiger partial charge in [-0.05, 0) is 38.8 Å². The highest BCUT2D eigenvalue weighted by atomic mass is 16.3. The molecule has 1 aromatic rings. The van der Waals surface area contributed by atoms with Crippen molar-refractivity contribution in [1.29, 1.82) is 0 Å². The van der Waals surface area contributed by atoms with E-state index in [1.54, 1.807) is 4.90 Å². The topological polar surface area (TPSA) is 89.5 Å². The molecule has 0 radical (unpaired) electrons. The Kier molecular flexibility index (Phi) is 4.77. The van der Waals surface area contributed by atoms with Crippen molar-refractivity contribution in [3.63, 3.8) is 0 Å². The van der Waals surface area contributed by atoms with Gasteiger partial charge in [0.15, 0.2) is 0 Å². The second-order valence-electron chi connectivity index (χ2n) is 6.73. The van der Waals surface area contributed by atoms with Gasteiger partial charge in [0.1, 0.15) is 5.69 Å². The molecule has 0 atom stereocenters. The van der Waals surface area contributed by atoms with Crippen LogP contribution in [-0.4, -0.2) is 70.1 Å². The molecule has 23 heavy (non-hydrogen) atoms. The number of nitrogens with one attached hydrogen (secondary N) is 1. The fourth-order valence-electron chi connectivity index (χ4n) is 3.59. The van der Waals surface area contributed by atoms with Crippen LogP contribution >= 0.6 is 0 Å². The number of piperidine rings is 1. The minimum atomic E-state index is -0.315. The van der Waals surface area contributed by atoms with E-state index in [4.69, 9.17) is 0 Å². The molecule has 3 heterocycles. The number of nitrogens with zero attached hydrogens (tertiary/aromatic N) is 3. The first-order valence-electron chi connectivity index (χ1n) is 8.29. The van der Waals surface area contributed by atoms with Gasteiger partial charge in [-0.15, -0.1) is 0 Å². The van der Waals surface area contributed by atoms with Gasteiger partial charge < -0.3 is 19.9 Å². The minimum absolute atomic E-state index is 0.0977. The number of likely N-dealkylation sites (tertiary alicyclic amines) is 2. The van der Waals surface area contributed by atoms with Crippen molar-refractivity contribution in [3.05, 3.63) is 28.4 Å². The fraction of sp³-hybridized carbons (Fsp3) is 0.688. The maximum atomic E-state index is 12.4. The molecule has 3 rings (SSSR count). The number of hydrogen-bond acceptors (Lipinski definition) is 5. The van der Waals surface area contributed by atoms with Crippen LogP contribution in [0.5, 0.6) is 0 Å². The van der Waals surface area contributed by atoms with Gasteiger partial charge in [0.2, 0.25) is 0 Å². The number of carbonyl (C=O) groups is 1. The number of aliphatic hydroxyl groups excluding tert-OH is 1. The van der Waals surface area contributed by atoms with Crippen LogP contribution in [-0.2, 0) is 0 Å². The lowest BCUT2D eigenvalue weighted by Crippen LogP contribution is -2.49. The molecule has 2 aliphatic rings. The highest BCUT2D eigenvalue weighted by Gasteiger charge is 2.37. The first kappa shape index (κ1) is 16.1. The molecule has 0 saturated carbocycles. The number of hydrogen-bond donors (Lipinski definition) is 2. The predicted octanol–water partition coefficient (Wildman–Crippen LogP) is 0.0804. The third-order valence-electron chi connectivity index (χ3n) is 5.10. The molecule has 2 saturated heterocycles. The molecule has 0 unspecified atom stereocenters. The second-order valence-corrected chi connectivity index (χ2v) is 6.73. The maximum absolute atomic E-state index is 12.4. The van der Waals surface area contributed by atoms with Gasteiger partial charge in [-0.2, -0.15) is 0 Å². The molecule has 7 nitrogen and oxygen atoms in total. The van der Waals surface area contributed by atoms with E-state index in [1.165, 1.54) is 19.0 Å². The van der Waals surface area contributed by atoms with Crippen molar-refractivity contribution in [3.8, 4) is 0 Å². The molecule has 126 valence electrons. The van der Waals surface area contributed by atoms with Gasteiger partial charge in [0.25, 0.3) is 11.5 Å². The molecule has 0 aromatic carbocycles. The van der Waals surface area contributed by atoms with Crippen molar-refractivity contribution in [1.82, 2.24) is 19.8 Å². The molecule has 1 aromatic heterocycles. The lowest BCUT2D eigenvalue weighted by atomic mass is 9.78. The molecule has 7 heteroatoms. The molecule has 0 bridgehead atoms. The summed E-state index contributed by atoms with van der Waals surface area (Å²) in [5.41, 5.74) is -0.148. The van der Waals surface area contributed by atoms with Crippen molar-refractivity contribution in [2.45, 2.75) is 25.7 Å². The quantitative estimate of drug-likeness (QED) is 0.820. The molecule has 2 fully saturated rings. The van der Waals surface area contributed by atoms with Crippen LogP contribution in [0.4, 0.5) is 0 Å². The number of H-pyrrole nitrogens is 1. The van der Waals surface area contributed by atoms with Crippen LogP contribution in [0, 0.1) is 5.41 Å². The normalized spacial score (nSPS) is 21.5. The Morgan fingerprint density at radius 1 is 1.26 bits per heavy atom. The second kappa shape index (κ2) is 6.80. The van der Waals surface area contributed by atoms with E-state index in [0.29, 0.717) is 13.1 Å². The highest BCUT2D eigenvalue weighted by Crippen LogP contribution is 2.33. The zero-order valence-corrected chi connectivity index (χ0v) is 13.3. The number of amides is 1. The highest BCUT2D eigenvalue weighted by molar-refractivity contribution is 5.92. The van der Waals surface area contributed by atoms with E-state index < -0.39 is 0 Å². The molecular weight excluding hydrogens is 296 g/mol. The predicted molar refractivity (Wildman–Crippen MR) is 85.2 cm³/mol. The Morgan fingerprint density at radius 2 is 1.96 bits per heavy atom. The summed E-state index contributed by atoms with van der Waals surface area (Å²) in [6.45, 7) is 4.56. The zero-order chi connectivity index (χ0) is 16.3. The third kappa shape index (κ3) is 3.61. The van der Waals surface area contributed by atoms with Crippen molar-refractivity contribution < 1.29 is 9.90 Å². The van der Waals surface area contributed by atoms with Crippen LogP contribution in [0.3, 0.4) is 0 Å². The van der Waals surface area contributed by atoms with E-state index in [9.17, 15) is 14.7 Å². The smallest absolute Gasteiger partial charge is 0.273 e. The number of carbonyl (C=O) groups excluding carboxylic acids is 1. The number of rotatable bonds is 4. The Morgan fingerprint density at radius 3 is 2.52 bits per heavy atom. The minimum Gasteiger partial charge on any atom is -0.396 e. The van der Waals surface area contributed by atoms with Gasteiger partial charge in [-0.3, -0.25) is 9.59 Å². The van der Waals surface area contributed by atoms with E-state index in [0.717, 1.165) is 38.7 Å². The summed E-state index contributed by atoms with van der Waals surface area (Å²) in [6.07, 6.45) is 6.57. The molecule has 1 amide bonds. The van der Waals surface area contributed by atoms with Crippen LogP contribution in [0.2, 0.25) is 0 Å². The molecule has 0 spiro atoms. The van der Waals surface area contributed by atoms with Crippen molar-refractivity contribution >= 4 is 5.91 Å². The summed E-state index contributed by atoms with van der Waals surface area (Å²) >= 11 is 0. The summed E-state index contributed by atoms with van der Waals surface area (Å²) in [5.74, 6) is -0.158. The molecule has 0 aliphatic carbocycles. The van der Waals surface area contributed by atoms with Gasteiger partial charge >= 0.3 is 0 Å². The summed E-state index contributed by atoms with van der Waals surface area (Å²) < 4.78 is 0. The summed E-state index contributed by atoms with van der Waals surface area (Å²) in [4.78, 5) is 34.0. The third-order valence-corrected chi connectivity index (χ3v) is 5.10. The number of aliphatic hydroxyl groups is 1. The van der Waals surface area contributed by atoms with E-state index in [1.807, 2.05) is 0 Å². The summed E-state index contributed by atoms with van der Waals surface area (Å²) in [7, 11) is 0. The molecule has 2 N–H and O–H groups in total. The maximum Gasteiger partial charge on any atom is 0.273 e. The average molecular weight is 320 g/mol. The summed E-state index contributed by atoms with van der Waals surface area (Å²) in [5, 5.41) is 9.89. The van der Waals surface area contributed by atoms with Gasteiger partial charge in [0.05, 0.1) is 12.8 Å². The summed E-state index contributed by atoms with van der Waals surface area (Å²) in [6, 6.07) is 0. The van der Waals surface area contributed by atoms with E-state index >= 15 is 0 Å². The van der Waals surface area contributed by atoms with Gasteiger partial charge in [-0.25, -0.2) is 4.98 Å². The van der Waals surface area contributed by atoms with Crippen LogP contribution in [0.1, 0.15) is 36.2 Å². The monoisotopic (exact) mass is 320 g/mol. The Hall–Kier alpha value is -1.73. The largest absolute Gasteiger partial charge is 0.396 e. The number of aromatic amines is 1. The fourth-order valence-corrected chi connectivity index (χ4v) is 3.59. The van der Waals surface area contributed by atoms with Crippen molar-refractivity contribution in [2.24, 2.45) is 5.41 Å². The Labute approximate surface area is 135 Å². The number of aromatic nitrogens is 2. The molecular formula is C16H24N4O3. The van der Waals surface area contributed by atoms with Gasteiger partial charge in [0, 0.05) is 31.2 Å². The van der Waals surface area contributed by atoms with Crippen LogP contribution in [0.25, 0.3) is 0 Å². The standard InChI is InChI=1S/C16H24N4O3/c21-12-16(11-19-5-1-2-6-19)3-7-20(8-4-16)15(23)13-9-18-14(22)10-17-13/h9-10,21H,1-8,11-12H2,(H,18,22). The van der Waals surface area contributed by atoms with Gasteiger partial charge in [-0.1, -0.05) is 0 Å². The molecule has 2 aliphatic heterocycles. The zero-order valence-electron chi connectivity index (χ0n) is 13.3. The Balaban J connectivity index is 1.61. The first-order chi connectivity index (χ1) is 11.1. The first-order valence-corrected chi connectivity index (χ1v) is 8.29. The van der Waals surface area contributed by atoms with E-state index in [-0.39, 0.29) is 29.2 Å². The van der Waals surface area contributed by atoms with E-state index in [2.05, 4.69) is 14.9 Å². The SMILES string of the molecule is O=C(c1c[nH]c(=O)cn1)N1CCC(CO)(CN2CCCC2)CC1. The average Bonchev–Trinajstić information content (AvgIpc) is 3.08. The lowest BCUT2D eigenvalue weighted by molar-refractivity contribution is 0.0176. The van der Waals surface area contributed by atoms with Crippen LogP contribution in [0.15, 0.2) is 17.2 Å². The van der Waals surface area contributed by atoms with Crippen molar-refractivity contribution in [2.75, 3.05) is 39.3 Å². The Bertz CT molecular complexity index is 581. The lowest BCUT2D eigenvalue weighted by Gasteiger charge is -2.42.